The Morgan fingerprint density at radius 2 is 2.41 bits per heavy atom. The normalized spacial score (nSPS) is 17.6. The van der Waals surface area contributed by atoms with Crippen LogP contribution in [-0.4, -0.2) is 41.0 Å². The van der Waals surface area contributed by atoms with Crippen LogP contribution < -0.4 is 10.2 Å². The molecule has 1 saturated heterocycles. The number of nitrogens with one attached hydrogen (secondary N) is 1. The average Bonchev–Trinajstić information content (AvgIpc) is 3.19. The van der Waals surface area contributed by atoms with E-state index in [4.69, 9.17) is 4.74 Å². The Kier molecular flexibility index (Phi) is 4.10. The SMILES string of the molecule is Cn1nccc1N1CC(CNC(=O)Cc2cccs2)OC1=O. The molecule has 2 aromatic heterocycles. The van der Waals surface area contributed by atoms with Crippen molar-refractivity contribution < 1.29 is 14.3 Å². The second-order valence-corrected chi connectivity index (χ2v) is 6.02. The molecule has 116 valence electrons. The van der Waals surface area contributed by atoms with Crippen molar-refractivity contribution in [2.24, 2.45) is 7.05 Å². The molecule has 0 aliphatic carbocycles. The quantitative estimate of drug-likeness (QED) is 0.897. The van der Waals surface area contributed by atoms with Gasteiger partial charge in [0.15, 0.2) is 0 Å². The van der Waals surface area contributed by atoms with Crippen LogP contribution in [0.5, 0.6) is 0 Å². The molecule has 3 heterocycles. The summed E-state index contributed by atoms with van der Waals surface area (Å²) in [5.41, 5.74) is 0. The molecule has 1 fully saturated rings. The lowest BCUT2D eigenvalue weighted by molar-refractivity contribution is -0.120. The van der Waals surface area contributed by atoms with Crippen molar-refractivity contribution in [3.8, 4) is 0 Å². The van der Waals surface area contributed by atoms with Crippen LogP contribution in [-0.2, 0) is 23.0 Å². The molecule has 1 aliphatic heterocycles. The third-order valence-electron chi connectivity index (χ3n) is 3.39. The number of carbonyl (C=O) groups is 2. The number of anilines is 1. The van der Waals surface area contributed by atoms with Crippen LogP contribution in [0.25, 0.3) is 0 Å². The van der Waals surface area contributed by atoms with Crippen molar-refractivity contribution in [3.05, 3.63) is 34.7 Å². The topological polar surface area (TPSA) is 76.5 Å². The van der Waals surface area contributed by atoms with Crippen molar-refractivity contribution >= 4 is 29.2 Å². The van der Waals surface area contributed by atoms with Crippen LogP contribution >= 0.6 is 11.3 Å². The summed E-state index contributed by atoms with van der Waals surface area (Å²) in [5.74, 6) is 0.606. The largest absolute Gasteiger partial charge is 0.442 e. The number of ether oxygens (including phenoxy) is 1. The summed E-state index contributed by atoms with van der Waals surface area (Å²) in [7, 11) is 1.76. The van der Waals surface area contributed by atoms with Crippen molar-refractivity contribution in [2.45, 2.75) is 12.5 Å². The van der Waals surface area contributed by atoms with Crippen LogP contribution in [0.15, 0.2) is 29.8 Å². The second kappa shape index (κ2) is 6.18. The number of rotatable bonds is 5. The van der Waals surface area contributed by atoms with Crippen LogP contribution in [0.4, 0.5) is 10.6 Å². The van der Waals surface area contributed by atoms with Gasteiger partial charge in [0.2, 0.25) is 5.91 Å². The van der Waals surface area contributed by atoms with Crippen molar-refractivity contribution in [1.82, 2.24) is 15.1 Å². The molecule has 0 saturated carbocycles. The van der Waals surface area contributed by atoms with Gasteiger partial charge in [0.1, 0.15) is 11.9 Å². The molecule has 2 aromatic rings. The van der Waals surface area contributed by atoms with Crippen LogP contribution in [0, 0.1) is 0 Å². The molecule has 1 aliphatic rings. The highest BCUT2D eigenvalue weighted by atomic mass is 32.1. The van der Waals surface area contributed by atoms with E-state index in [2.05, 4.69) is 10.4 Å². The fraction of sp³-hybridized carbons (Fsp3) is 0.357. The molecule has 1 N–H and O–H groups in total. The molecule has 7 nitrogen and oxygen atoms in total. The summed E-state index contributed by atoms with van der Waals surface area (Å²) in [6.45, 7) is 0.710. The van der Waals surface area contributed by atoms with Gasteiger partial charge in [-0.2, -0.15) is 5.10 Å². The predicted molar refractivity (Wildman–Crippen MR) is 81.9 cm³/mol. The number of thiophene rings is 1. The molecule has 8 heteroatoms. The summed E-state index contributed by atoms with van der Waals surface area (Å²) in [4.78, 5) is 26.3. The number of carbonyl (C=O) groups excluding carboxylic acids is 2. The van der Waals surface area contributed by atoms with E-state index in [1.165, 1.54) is 4.90 Å². The molecule has 0 spiro atoms. The number of cyclic esters (lactones) is 1. The molecule has 3 rings (SSSR count). The number of hydrogen-bond donors (Lipinski definition) is 1. The van der Waals surface area contributed by atoms with E-state index in [-0.39, 0.29) is 12.0 Å². The predicted octanol–water partition coefficient (Wildman–Crippen LogP) is 1.17. The minimum Gasteiger partial charge on any atom is -0.442 e. The van der Waals surface area contributed by atoms with Crippen LogP contribution in [0.3, 0.4) is 0 Å². The number of aromatic nitrogens is 2. The smallest absolute Gasteiger partial charge is 0.416 e. The Hall–Kier alpha value is -2.35. The molecule has 0 bridgehead atoms. The molecule has 1 atom stereocenters. The third kappa shape index (κ3) is 3.11. The van der Waals surface area contributed by atoms with Crippen molar-refractivity contribution in [1.29, 1.82) is 0 Å². The summed E-state index contributed by atoms with van der Waals surface area (Å²) < 4.78 is 6.88. The van der Waals surface area contributed by atoms with Crippen molar-refractivity contribution in [3.63, 3.8) is 0 Å². The standard InChI is InChI=1S/C14H16N4O3S/c1-17-13(4-5-16-17)18-9-10(21-14(18)20)8-15-12(19)7-11-3-2-6-22-11/h2-6,10H,7-9H2,1H3,(H,15,19). The van der Waals surface area contributed by atoms with Gasteiger partial charge in [-0.15, -0.1) is 11.3 Å². The lowest BCUT2D eigenvalue weighted by atomic mass is 10.3. The highest BCUT2D eigenvalue weighted by Gasteiger charge is 2.33. The molecular formula is C14H16N4O3S. The van der Waals surface area contributed by atoms with Gasteiger partial charge in [-0.1, -0.05) is 6.07 Å². The van der Waals surface area contributed by atoms with E-state index in [0.717, 1.165) is 4.88 Å². The highest BCUT2D eigenvalue weighted by molar-refractivity contribution is 7.10. The first-order valence-corrected chi connectivity index (χ1v) is 7.76. The van der Waals surface area contributed by atoms with E-state index in [9.17, 15) is 9.59 Å². The molecule has 0 radical (unpaired) electrons. The minimum atomic E-state index is -0.416. The minimum absolute atomic E-state index is 0.0718. The summed E-state index contributed by atoms with van der Waals surface area (Å²) in [6.07, 6.45) is 1.21. The summed E-state index contributed by atoms with van der Waals surface area (Å²) in [6, 6.07) is 5.58. The van der Waals surface area contributed by atoms with E-state index in [1.807, 2.05) is 17.5 Å². The van der Waals surface area contributed by atoms with Crippen molar-refractivity contribution in [2.75, 3.05) is 18.0 Å². The van der Waals surface area contributed by atoms with Gasteiger partial charge in [0, 0.05) is 18.0 Å². The van der Waals surface area contributed by atoms with E-state index < -0.39 is 6.09 Å². The van der Waals surface area contributed by atoms with Gasteiger partial charge in [-0.3, -0.25) is 14.4 Å². The van der Waals surface area contributed by atoms with Crippen LogP contribution in [0.1, 0.15) is 4.88 Å². The monoisotopic (exact) mass is 320 g/mol. The fourth-order valence-electron chi connectivity index (χ4n) is 2.31. The highest BCUT2D eigenvalue weighted by Crippen LogP contribution is 2.20. The Labute approximate surface area is 131 Å². The average molecular weight is 320 g/mol. The maximum atomic E-state index is 11.9. The van der Waals surface area contributed by atoms with Gasteiger partial charge in [0.05, 0.1) is 25.7 Å². The zero-order chi connectivity index (χ0) is 15.5. The zero-order valence-electron chi connectivity index (χ0n) is 12.1. The van der Waals surface area contributed by atoms with Gasteiger partial charge in [-0.05, 0) is 11.4 Å². The third-order valence-corrected chi connectivity index (χ3v) is 4.26. The Morgan fingerprint density at radius 1 is 1.55 bits per heavy atom. The molecule has 22 heavy (non-hydrogen) atoms. The number of amides is 2. The Morgan fingerprint density at radius 3 is 3.09 bits per heavy atom. The molecule has 2 amide bonds. The molecular weight excluding hydrogens is 304 g/mol. The number of nitrogens with zero attached hydrogens (tertiary/aromatic N) is 3. The van der Waals surface area contributed by atoms with Gasteiger partial charge in [0.25, 0.3) is 0 Å². The number of aryl methyl sites for hydroxylation is 1. The Balaban J connectivity index is 1.51. The maximum Gasteiger partial charge on any atom is 0.416 e. The zero-order valence-corrected chi connectivity index (χ0v) is 12.9. The first-order valence-electron chi connectivity index (χ1n) is 6.88. The van der Waals surface area contributed by atoms with E-state index in [0.29, 0.717) is 25.3 Å². The maximum absolute atomic E-state index is 11.9. The van der Waals surface area contributed by atoms with E-state index >= 15 is 0 Å². The fourth-order valence-corrected chi connectivity index (χ4v) is 3.01. The second-order valence-electron chi connectivity index (χ2n) is 4.99. The molecule has 0 aromatic carbocycles. The lowest BCUT2D eigenvalue weighted by Crippen LogP contribution is -2.35. The molecule has 1 unspecified atom stereocenters. The Bertz CT molecular complexity index is 667. The van der Waals surface area contributed by atoms with E-state index in [1.54, 1.807) is 35.3 Å². The first-order chi connectivity index (χ1) is 10.6. The van der Waals surface area contributed by atoms with Gasteiger partial charge >= 0.3 is 6.09 Å². The first kappa shape index (κ1) is 14.6. The van der Waals surface area contributed by atoms with Gasteiger partial charge < -0.3 is 10.1 Å². The van der Waals surface area contributed by atoms with Gasteiger partial charge in [-0.25, -0.2) is 4.79 Å². The summed E-state index contributed by atoms with van der Waals surface area (Å²) >= 11 is 1.55. The number of hydrogen-bond acceptors (Lipinski definition) is 5. The van der Waals surface area contributed by atoms with Crippen LogP contribution in [0.2, 0.25) is 0 Å². The lowest BCUT2D eigenvalue weighted by Gasteiger charge is -2.12. The summed E-state index contributed by atoms with van der Waals surface area (Å²) in [5, 5.41) is 8.78.